The number of carbonyl (C=O) groups excluding carboxylic acids is 2. The Morgan fingerprint density at radius 3 is 1.67 bits per heavy atom. The molecular formula is C53H93NO10. The minimum Gasteiger partial charge on any atom is -0.466 e. The van der Waals surface area contributed by atoms with Gasteiger partial charge in [-0.05, 0) is 77.0 Å². The van der Waals surface area contributed by atoms with Gasteiger partial charge in [0, 0.05) is 12.8 Å². The molecule has 0 spiro atoms. The smallest absolute Gasteiger partial charge is 0.305 e. The number of allylic oxidation sites excluding steroid dienone is 9. The van der Waals surface area contributed by atoms with E-state index in [9.17, 15) is 35.1 Å². The Labute approximate surface area is 388 Å². The van der Waals surface area contributed by atoms with E-state index < -0.39 is 49.5 Å². The first-order valence-corrected chi connectivity index (χ1v) is 25.6. The van der Waals surface area contributed by atoms with Crippen LogP contribution in [0.1, 0.15) is 200 Å². The Balaban J connectivity index is 2.21. The van der Waals surface area contributed by atoms with Crippen molar-refractivity contribution in [1.29, 1.82) is 0 Å². The largest absolute Gasteiger partial charge is 0.466 e. The average molecular weight is 904 g/mol. The second-order valence-electron chi connectivity index (χ2n) is 17.5. The van der Waals surface area contributed by atoms with Crippen molar-refractivity contribution in [1.82, 2.24) is 5.32 Å². The molecule has 0 aromatic rings. The second-order valence-corrected chi connectivity index (χ2v) is 17.5. The van der Waals surface area contributed by atoms with E-state index >= 15 is 0 Å². The van der Waals surface area contributed by atoms with E-state index in [-0.39, 0.29) is 24.9 Å². The molecule has 1 aliphatic rings. The number of hydrogen-bond donors (Lipinski definition) is 6. The van der Waals surface area contributed by atoms with Crippen LogP contribution in [0.2, 0.25) is 0 Å². The van der Waals surface area contributed by atoms with Gasteiger partial charge in [-0.3, -0.25) is 9.59 Å². The van der Waals surface area contributed by atoms with Gasteiger partial charge in [-0.1, -0.05) is 171 Å². The highest BCUT2D eigenvalue weighted by atomic mass is 16.7. The molecule has 1 aliphatic heterocycles. The summed E-state index contributed by atoms with van der Waals surface area (Å²) < 4.78 is 16.6. The SMILES string of the molecule is CCC/C=C\C/C=C\CCCCCCCC(=O)OCCCCCCCC/C=C\C/C=C\CCC(=O)NC(COC1OC(CO)C(O)C(O)C1O)C(O)/C=C/CCCCCCCCCC. The number of amides is 1. The third-order valence-electron chi connectivity index (χ3n) is 11.6. The maximum absolute atomic E-state index is 12.9. The molecular weight excluding hydrogens is 811 g/mol. The predicted octanol–water partition coefficient (Wildman–Crippen LogP) is 10.3. The normalized spacial score (nSPS) is 20.4. The van der Waals surface area contributed by atoms with Crippen molar-refractivity contribution in [3.05, 3.63) is 60.8 Å². The fourth-order valence-corrected chi connectivity index (χ4v) is 7.46. The predicted molar refractivity (Wildman–Crippen MR) is 260 cm³/mol. The van der Waals surface area contributed by atoms with Crippen molar-refractivity contribution in [2.75, 3.05) is 19.8 Å². The minimum absolute atomic E-state index is 0.0562. The molecule has 11 heteroatoms. The number of rotatable bonds is 42. The first kappa shape index (κ1) is 59.4. The quantitative estimate of drug-likeness (QED) is 0.0197. The van der Waals surface area contributed by atoms with Crippen molar-refractivity contribution >= 4 is 11.9 Å². The lowest BCUT2D eigenvalue weighted by atomic mass is 9.99. The van der Waals surface area contributed by atoms with E-state index in [0.717, 1.165) is 83.5 Å². The Morgan fingerprint density at radius 1 is 0.578 bits per heavy atom. The highest BCUT2D eigenvalue weighted by Crippen LogP contribution is 2.22. The average Bonchev–Trinajstić information content (AvgIpc) is 3.29. The van der Waals surface area contributed by atoms with Crippen LogP contribution < -0.4 is 5.32 Å². The van der Waals surface area contributed by atoms with Gasteiger partial charge in [0.1, 0.15) is 24.4 Å². The summed E-state index contributed by atoms with van der Waals surface area (Å²) in [6.07, 6.45) is 43.1. The maximum Gasteiger partial charge on any atom is 0.305 e. The van der Waals surface area contributed by atoms with Crippen molar-refractivity contribution in [2.45, 2.75) is 243 Å². The monoisotopic (exact) mass is 904 g/mol. The van der Waals surface area contributed by atoms with Crippen LogP contribution in [0.25, 0.3) is 0 Å². The van der Waals surface area contributed by atoms with Gasteiger partial charge < -0.3 is 45.1 Å². The van der Waals surface area contributed by atoms with Crippen molar-refractivity contribution in [3.63, 3.8) is 0 Å². The molecule has 0 aromatic heterocycles. The zero-order chi connectivity index (χ0) is 46.7. The Bertz CT molecular complexity index is 1250. The van der Waals surface area contributed by atoms with Crippen LogP contribution in [0.4, 0.5) is 0 Å². The van der Waals surface area contributed by atoms with Gasteiger partial charge in [0.15, 0.2) is 6.29 Å². The zero-order valence-electron chi connectivity index (χ0n) is 40.2. The molecule has 11 nitrogen and oxygen atoms in total. The highest BCUT2D eigenvalue weighted by molar-refractivity contribution is 5.76. The Morgan fingerprint density at radius 2 is 1.09 bits per heavy atom. The summed E-state index contributed by atoms with van der Waals surface area (Å²) in [6.45, 7) is 4.13. The van der Waals surface area contributed by atoms with Crippen molar-refractivity contribution < 1.29 is 49.3 Å². The number of nitrogens with one attached hydrogen (secondary N) is 1. The van der Waals surface area contributed by atoms with Gasteiger partial charge in [0.2, 0.25) is 5.91 Å². The summed E-state index contributed by atoms with van der Waals surface area (Å²) in [7, 11) is 0. The molecule has 0 saturated carbocycles. The first-order chi connectivity index (χ1) is 31.2. The lowest BCUT2D eigenvalue weighted by Gasteiger charge is -2.40. The number of hydrogen-bond acceptors (Lipinski definition) is 10. The summed E-state index contributed by atoms with van der Waals surface area (Å²) in [5.74, 6) is -0.323. The minimum atomic E-state index is -1.59. The van der Waals surface area contributed by atoms with Gasteiger partial charge in [-0.25, -0.2) is 0 Å². The third-order valence-corrected chi connectivity index (χ3v) is 11.6. The molecule has 1 rings (SSSR count). The summed E-state index contributed by atoms with van der Waals surface area (Å²) in [5.41, 5.74) is 0. The van der Waals surface area contributed by atoms with Crippen LogP contribution in [0.3, 0.4) is 0 Å². The Kier molecular flexibility index (Phi) is 39.9. The number of aliphatic hydroxyl groups is 5. The molecule has 1 amide bonds. The van der Waals surface area contributed by atoms with E-state index in [1.807, 2.05) is 18.2 Å². The van der Waals surface area contributed by atoms with Gasteiger partial charge in [0.25, 0.3) is 0 Å². The molecule has 0 radical (unpaired) electrons. The molecule has 1 fully saturated rings. The lowest BCUT2D eigenvalue weighted by Crippen LogP contribution is -2.60. The molecule has 1 heterocycles. The maximum atomic E-state index is 12.9. The molecule has 0 aromatic carbocycles. The van der Waals surface area contributed by atoms with Crippen molar-refractivity contribution in [2.24, 2.45) is 0 Å². The van der Waals surface area contributed by atoms with E-state index in [0.29, 0.717) is 19.4 Å². The van der Waals surface area contributed by atoms with E-state index in [4.69, 9.17) is 14.2 Å². The summed E-state index contributed by atoms with van der Waals surface area (Å²) in [6, 6.07) is -0.854. The van der Waals surface area contributed by atoms with E-state index in [2.05, 4.69) is 55.6 Å². The molecule has 64 heavy (non-hydrogen) atoms. The number of carbonyl (C=O) groups is 2. The van der Waals surface area contributed by atoms with E-state index in [1.165, 1.54) is 83.5 Å². The van der Waals surface area contributed by atoms with Gasteiger partial charge in [-0.15, -0.1) is 0 Å². The molecule has 6 N–H and O–H groups in total. The van der Waals surface area contributed by atoms with Crippen LogP contribution in [-0.4, -0.2) is 100 Å². The van der Waals surface area contributed by atoms with Crippen LogP contribution in [-0.2, 0) is 23.8 Å². The van der Waals surface area contributed by atoms with Gasteiger partial charge in [0.05, 0.1) is 32.0 Å². The van der Waals surface area contributed by atoms with Gasteiger partial charge in [-0.2, -0.15) is 0 Å². The standard InChI is InChI=1S/C53H93NO10/c1-3-5-7-9-11-13-15-17-21-25-29-33-37-41-49(58)62-42-38-34-30-26-22-19-16-18-20-24-28-32-36-40-48(57)54-45(44-63-53-52(61)51(60)50(59)47(43-55)64-53)46(56)39-35-31-27-23-14-12-10-8-6-4-2/h7,9,13,15,18,20,28,32,35,39,45-47,50-53,55-56,59-61H,3-6,8,10-12,14,16-17,19,21-27,29-31,33-34,36-38,40-44H2,1-2H3,(H,54,57)/b9-7-,15-13-,20-18-,32-28-,39-35+. The van der Waals surface area contributed by atoms with Crippen LogP contribution in [0, 0.1) is 0 Å². The van der Waals surface area contributed by atoms with Gasteiger partial charge >= 0.3 is 5.97 Å². The van der Waals surface area contributed by atoms with Crippen LogP contribution in [0.5, 0.6) is 0 Å². The number of aliphatic hydroxyl groups excluding tert-OH is 5. The molecule has 0 aliphatic carbocycles. The molecule has 7 atom stereocenters. The second kappa shape index (κ2) is 43.0. The molecule has 370 valence electrons. The highest BCUT2D eigenvalue weighted by Gasteiger charge is 2.44. The summed E-state index contributed by atoms with van der Waals surface area (Å²) in [4.78, 5) is 25.0. The van der Waals surface area contributed by atoms with Crippen molar-refractivity contribution in [3.8, 4) is 0 Å². The fraction of sp³-hybridized carbons (Fsp3) is 0.774. The number of ether oxygens (including phenoxy) is 3. The topological polar surface area (TPSA) is 175 Å². The fourth-order valence-electron chi connectivity index (χ4n) is 7.46. The first-order valence-electron chi connectivity index (χ1n) is 25.6. The molecule has 7 unspecified atom stereocenters. The summed E-state index contributed by atoms with van der Waals surface area (Å²) >= 11 is 0. The van der Waals surface area contributed by atoms with Crippen LogP contribution in [0.15, 0.2) is 60.8 Å². The molecule has 0 bridgehead atoms. The number of esters is 1. The third kappa shape index (κ3) is 32.9. The summed E-state index contributed by atoms with van der Waals surface area (Å²) in [5, 5.41) is 54.0. The lowest BCUT2D eigenvalue weighted by molar-refractivity contribution is -0.302. The number of unbranched alkanes of at least 4 members (excludes halogenated alkanes) is 20. The van der Waals surface area contributed by atoms with E-state index in [1.54, 1.807) is 6.08 Å². The molecule has 1 saturated heterocycles. The van der Waals surface area contributed by atoms with Crippen LogP contribution >= 0.6 is 0 Å². The zero-order valence-corrected chi connectivity index (χ0v) is 40.2. The Hall–Kier alpha value is -2.64.